The van der Waals surface area contributed by atoms with Gasteiger partial charge in [-0.2, -0.15) is 5.10 Å². The van der Waals surface area contributed by atoms with Crippen molar-refractivity contribution >= 4 is 46.3 Å². The molecule has 9 nitrogen and oxygen atoms in total. The molecule has 4 rings (SSSR count). The molecular formula is C20H24ClFN6O3S. The van der Waals surface area contributed by atoms with Gasteiger partial charge < -0.3 is 19.7 Å². The van der Waals surface area contributed by atoms with Crippen molar-refractivity contribution in [3.05, 3.63) is 40.9 Å². The van der Waals surface area contributed by atoms with E-state index < -0.39 is 17.2 Å². The minimum Gasteiger partial charge on any atom is -0.598 e. The van der Waals surface area contributed by atoms with Gasteiger partial charge in [-0.25, -0.2) is 9.18 Å². The lowest BCUT2D eigenvalue weighted by Gasteiger charge is -2.35. The first-order valence-electron chi connectivity index (χ1n) is 10.1. The molecule has 3 heterocycles. The third-order valence-corrected chi connectivity index (χ3v) is 7.36. The summed E-state index contributed by atoms with van der Waals surface area (Å²) < 4.78 is 28.7. The van der Waals surface area contributed by atoms with Crippen molar-refractivity contribution in [3.8, 4) is 0 Å². The molecule has 3 atom stereocenters. The summed E-state index contributed by atoms with van der Waals surface area (Å²) in [7, 11) is 1.74. The Balaban J connectivity index is 1.52. The molecule has 0 radical (unpaired) electrons. The van der Waals surface area contributed by atoms with Crippen molar-refractivity contribution in [1.29, 1.82) is 0 Å². The number of hydrogen-bond acceptors (Lipinski definition) is 5. The Labute approximate surface area is 193 Å². The maximum absolute atomic E-state index is 13.4. The van der Waals surface area contributed by atoms with Gasteiger partial charge in [-0.05, 0) is 25.1 Å². The highest BCUT2D eigenvalue weighted by atomic mass is 35.5. The number of carbonyl (C=O) groups is 2. The molecule has 0 saturated carbocycles. The number of aromatic nitrogens is 2. The van der Waals surface area contributed by atoms with Gasteiger partial charge in [-0.1, -0.05) is 11.6 Å². The topological polar surface area (TPSA) is 96.8 Å². The van der Waals surface area contributed by atoms with Crippen LogP contribution in [0.1, 0.15) is 19.0 Å². The van der Waals surface area contributed by atoms with Crippen molar-refractivity contribution in [2.24, 2.45) is 0 Å². The summed E-state index contributed by atoms with van der Waals surface area (Å²) in [5, 5.41) is 7.10. The summed E-state index contributed by atoms with van der Waals surface area (Å²) >= 11 is 4.63. The van der Waals surface area contributed by atoms with E-state index >= 15 is 0 Å². The van der Waals surface area contributed by atoms with Crippen LogP contribution < -0.4 is 10.2 Å². The highest BCUT2D eigenvalue weighted by molar-refractivity contribution is 7.88. The molecule has 1 saturated heterocycles. The lowest BCUT2D eigenvalue weighted by Crippen LogP contribution is -2.47. The molecule has 2 aromatic rings. The second kappa shape index (κ2) is 8.89. The van der Waals surface area contributed by atoms with E-state index in [1.807, 2.05) is 6.92 Å². The first kappa shape index (κ1) is 22.8. The zero-order valence-corrected chi connectivity index (χ0v) is 19.5. The van der Waals surface area contributed by atoms with Crippen molar-refractivity contribution < 1.29 is 18.5 Å². The van der Waals surface area contributed by atoms with E-state index in [4.69, 9.17) is 11.6 Å². The van der Waals surface area contributed by atoms with Gasteiger partial charge in [0.05, 0.1) is 47.8 Å². The predicted molar refractivity (Wildman–Crippen MR) is 120 cm³/mol. The van der Waals surface area contributed by atoms with E-state index in [0.717, 1.165) is 5.69 Å². The normalized spacial score (nSPS) is 21.8. The fraction of sp³-hybridized carbons (Fsp3) is 0.450. The van der Waals surface area contributed by atoms with Crippen LogP contribution in [0.2, 0.25) is 5.02 Å². The summed E-state index contributed by atoms with van der Waals surface area (Å²) in [6.45, 7) is 3.03. The van der Waals surface area contributed by atoms with Crippen LogP contribution >= 0.6 is 11.6 Å². The molecule has 2 aliphatic heterocycles. The molecule has 1 aromatic heterocycles. The fourth-order valence-corrected chi connectivity index (χ4v) is 4.77. The molecule has 3 amide bonds. The lowest BCUT2D eigenvalue weighted by molar-refractivity contribution is -0.117. The molecule has 0 aliphatic carbocycles. The molecule has 1 fully saturated rings. The number of anilines is 2. The summed E-state index contributed by atoms with van der Waals surface area (Å²) in [6, 6.07) is 3.33. The standard InChI is InChI=1S/C20H24ClFN6O3S/c1-12-9-28-18(11-26(12)20(30)24-13-4-5-16(22)15(21)6-13)17(8-23-28)27-10-14(7-19(27)29)25(2)32(3)31/h4-6,8,12,14H,7,9-11H2,1-3H3,(H,24,30)/t12-,14?,32?/m0/s1. The summed E-state index contributed by atoms with van der Waals surface area (Å²) in [6.07, 6.45) is 3.50. The Bertz CT molecular complexity index is 1050. The largest absolute Gasteiger partial charge is 0.598 e. The number of nitrogens with zero attached hydrogens (tertiary/aromatic N) is 5. The highest BCUT2D eigenvalue weighted by Gasteiger charge is 2.39. The second-order valence-corrected chi connectivity index (χ2v) is 9.86. The van der Waals surface area contributed by atoms with Gasteiger partial charge in [-0.3, -0.25) is 9.48 Å². The third-order valence-electron chi connectivity index (χ3n) is 5.96. The lowest BCUT2D eigenvalue weighted by atomic mass is 10.2. The number of urea groups is 1. The maximum Gasteiger partial charge on any atom is 0.322 e. The molecule has 2 aliphatic rings. The van der Waals surface area contributed by atoms with E-state index in [9.17, 15) is 18.5 Å². The molecule has 172 valence electrons. The quantitative estimate of drug-likeness (QED) is 0.675. The van der Waals surface area contributed by atoms with Crippen LogP contribution in [0.25, 0.3) is 0 Å². The number of fused-ring (bicyclic) bond motifs is 1. The Hall–Kier alpha value is -2.34. The monoisotopic (exact) mass is 482 g/mol. The number of benzene rings is 1. The van der Waals surface area contributed by atoms with E-state index in [0.29, 0.717) is 24.5 Å². The van der Waals surface area contributed by atoms with Crippen LogP contribution in [0, 0.1) is 5.82 Å². The molecular weight excluding hydrogens is 459 g/mol. The first-order valence-corrected chi connectivity index (χ1v) is 12.0. The molecule has 2 unspecified atom stereocenters. The van der Waals surface area contributed by atoms with Gasteiger partial charge in [0.25, 0.3) is 0 Å². The van der Waals surface area contributed by atoms with E-state index in [1.165, 1.54) is 18.2 Å². The summed E-state index contributed by atoms with van der Waals surface area (Å²) in [5.41, 5.74) is 1.80. The van der Waals surface area contributed by atoms with Crippen LogP contribution in [0.15, 0.2) is 24.4 Å². The zero-order chi connectivity index (χ0) is 23.2. The van der Waals surface area contributed by atoms with Crippen molar-refractivity contribution in [3.63, 3.8) is 0 Å². The molecule has 0 bridgehead atoms. The van der Waals surface area contributed by atoms with Crippen molar-refractivity contribution in [2.45, 2.75) is 38.5 Å². The Morgan fingerprint density at radius 1 is 1.41 bits per heavy atom. The number of rotatable bonds is 4. The van der Waals surface area contributed by atoms with Gasteiger partial charge >= 0.3 is 6.03 Å². The number of nitrogens with one attached hydrogen (secondary N) is 1. The number of carbonyl (C=O) groups excluding carboxylic acids is 2. The van der Waals surface area contributed by atoms with Crippen LogP contribution in [-0.2, 0) is 29.2 Å². The van der Waals surface area contributed by atoms with Crippen LogP contribution in [0.4, 0.5) is 20.6 Å². The van der Waals surface area contributed by atoms with E-state index in [-0.39, 0.29) is 42.0 Å². The Morgan fingerprint density at radius 2 is 2.16 bits per heavy atom. The summed E-state index contributed by atoms with van der Waals surface area (Å²) in [5.74, 6) is -0.630. The predicted octanol–water partition coefficient (Wildman–Crippen LogP) is 2.44. The van der Waals surface area contributed by atoms with Gasteiger partial charge in [0.15, 0.2) is 0 Å². The van der Waals surface area contributed by atoms with Crippen LogP contribution in [0.3, 0.4) is 0 Å². The fourth-order valence-electron chi connectivity index (χ4n) is 4.03. The molecule has 12 heteroatoms. The minimum absolute atomic E-state index is 0.0707. The van der Waals surface area contributed by atoms with Gasteiger partial charge in [0, 0.05) is 37.1 Å². The van der Waals surface area contributed by atoms with Gasteiger partial charge in [0.1, 0.15) is 12.1 Å². The average Bonchev–Trinajstić information content (AvgIpc) is 3.31. The summed E-state index contributed by atoms with van der Waals surface area (Å²) in [4.78, 5) is 28.9. The molecule has 1 aromatic carbocycles. The van der Waals surface area contributed by atoms with Gasteiger partial charge in [0.2, 0.25) is 5.91 Å². The number of hydrogen-bond donors (Lipinski definition) is 1. The molecule has 0 spiro atoms. The van der Waals surface area contributed by atoms with Gasteiger partial charge in [-0.15, -0.1) is 4.31 Å². The molecule has 32 heavy (non-hydrogen) atoms. The minimum atomic E-state index is -1.18. The number of likely N-dealkylation sites (N-methyl/N-ethyl adjacent to an activating group) is 1. The first-order chi connectivity index (χ1) is 15.2. The second-order valence-electron chi connectivity index (χ2n) is 8.03. The number of halogens is 2. The Kier molecular flexibility index (Phi) is 6.35. The maximum atomic E-state index is 13.4. The zero-order valence-electron chi connectivity index (χ0n) is 17.9. The average molecular weight is 483 g/mol. The third kappa shape index (κ3) is 4.29. The molecule has 1 N–H and O–H groups in total. The van der Waals surface area contributed by atoms with E-state index in [1.54, 1.807) is 38.3 Å². The SMILES string of the molecule is C[C@H]1Cn2ncc(N3CC(N(C)[S+](C)[O-])CC3=O)c2CN1C(=O)Nc1ccc(F)c(Cl)c1. The number of amides is 3. The van der Waals surface area contributed by atoms with E-state index in [2.05, 4.69) is 10.4 Å². The smallest absolute Gasteiger partial charge is 0.322 e. The van der Waals surface area contributed by atoms with Crippen molar-refractivity contribution in [1.82, 2.24) is 19.0 Å². The highest BCUT2D eigenvalue weighted by Crippen LogP contribution is 2.31. The van der Waals surface area contributed by atoms with Crippen molar-refractivity contribution in [2.75, 3.05) is 30.1 Å². The Morgan fingerprint density at radius 3 is 2.84 bits per heavy atom. The van der Waals surface area contributed by atoms with Crippen LogP contribution in [-0.4, -0.2) is 67.4 Å². The van der Waals surface area contributed by atoms with Crippen LogP contribution in [0.5, 0.6) is 0 Å².